The highest BCUT2D eigenvalue weighted by Crippen LogP contribution is 2.40. The highest BCUT2D eigenvalue weighted by molar-refractivity contribution is 6.44. The van der Waals surface area contributed by atoms with E-state index in [4.69, 9.17) is 21.7 Å². The summed E-state index contributed by atoms with van der Waals surface area (Å²) in [6.07, 6.45) is 8.54. The van der Waals surface area contributed by atoms with Crippen LogP contribution in [0.5, 0.6) is 0 Å². The number of anilines is 2. The van der Waals surface area contributed by atoms with Crippen LogP contribution >= 0.6 is 0 Å². The van der Waals surface area contributed by atoms with Crippen LogP contribution in [-0.2, 0) is 0 Å². The van der Waals surface area contributed by atoms with Crippen LogP contribution in [0.15, 0.2) is 84.0 Å². The van der Waals surface area contributed by atoms with Gasteiger partial charge in [0.05, 0.1) is 23.1 Å². The molecule has 0 radical (unpaired) electrons. The van der Waals surface area contributed by atoms with E-state index in [1.807, 2.05) is 48.5 Å². The van der Waals surface area contributed by atoms with E-state index in [2.05, 4.69) is 25.1 Å². The van der Waals surface area contributed by atoms with E-state index in [-0.39, 0.29) is 23.6 Å². The first-order valence-corrected chi connectivity index (χ1v) is 14.4. The molecule has 1 fully saturated rings. The minimum atomic E-state index is -0.290. The lowest BCUT2D eigenvalue weighted by Gasteiger charge is -2.32. The van der Waals surface area contributed by atoms with E-state index in [0.29, 0.717) is 17.2 Å². The molecule has 0 spiro atoms. The molecule has 4 N–H and O–H groups in total. The Balaban J connectivity index is 1.67. The van der Waals surface area contributed by atoms with Crippen LogP contribution in [0.4, 0.5) is 16.2 Å². The van der Waals surface area contributed by atoms with Crippen molar-refractivity contribution in [1.29, 1.82) is 10.8 Å². The van der Waals surface area contributed by atoms with E-state index >= 15 is 0 Å². The number of carbonyl (C=O) groups excluding carboxylic acids is 1. The van der Waals surface area contributed by atoms with Gasteiger partial charge in [0.25, 0.3) is 0 Å². The smallest absolute Gasteiger partial charge is 0.350 e. The molecule has 7 nitrogen and oxygen atoms in total. The Bertz CT molecular complexity index is 1390. The molecule has 40 heavy (non-hydrogen) atoms. The summed E-state index contributed by atoms with van der Waals surface area (Å²) in [6.45, 7) is 2.17. The average Bonchev–Trinajstić information content (AvgIpc) is 3.12. The Morgan fingerprint density at radius 3 is 2.30 bits per heavy atom. The second kappa shape index (κ2) is 12.3. The Labute approximate surface area is 236 Å². The van der Waals surface area contributed by atoms with Gasteiger partial charge in [0.2, 0.25) is 0 Å². The number of hydrogen-bond donors (Lipinski definition) is 3. The molecule has 0 saturated heterocycles. The Kier molecular flexibility index (Phi) is 8.39. The number of urea groups is 1. The fourth-order valence-electron chi connectivity index (χ4n) is 5.87. The van der Waals surface area contributed by atoms with Gasteiger partial charge in [-0.1, -0.05) is 99.7 Å². The largest absolute Gasteiger partial charge is 0.382 e. The molecule has 206 valence electrons. The van der Waals surface area contributed by atoms with Crippen molar-refractivity contribution in [3.8, 4) is 0 Å². The maximum absolute atomic E-state index is 14.7. The molecule has 0 aromatic heterocycles. The number of amidine groups is 1. The lowest BCUT2D eigenvalue weighted by molar-refractivity contribution is 0.181. The summed E-state index contributed by atoms with van der Waals surface area (Å²) in [5.41, 5.74) is 10.6. The van der Waals surface area contributed by atoms with E-state index in [9.17, 15) is 4.79 Å². The molecular formula is C33H38N6O. The number of rotatable bonds is 9. The Morgan fingerprint density at radius 2 is 1.62 bits per heavy atom. The summed E-state index contributed by atoms with van der Waals surface area (Å²) in [6, 6.07) is 25.1. The molecule has 1 atom stereocenters. The van der Waals surface area contributed by atoms with Gasteiger partial charge in [-0.25, -0.2) is 9.80 Å². The van der Waals surface area contributed by atoms with Crippen LogP contribution in [0.25, 0.3) is 0 Å². The summed E-state index contributed by atoms with van der Waals surface area (Å²) < 4.78 is 0. The van der Waals surface area contributed by atoms with Crippen LogP contribution in [0.3, 0.4) is 0 Å². The molecule has 1 unspecified atom stereocenters. The van der Waals surface area contributed by atoms with Gasteiger partial charge in [0, 0.05) is 17.0 Å². The summed E-state index contributed by atoms with van der Waals surface area (Å²) in [7, 11) is 0. The molecule has 1 aliphatic heterocycles. The van der Waals surface area contributed by atoms with E-state index in [1.54, 1.807) is 22.0 Å². The summed E-state index contributed by atoms with van der Waals surface area (Å²) >= 11 is 0. The van der Waals surface area contributed by atoms with Crippen molar-refractivity contribution in [2.24, 2.45) is 16.8 Å². The number of benzene rings is 3. The van der Waals surface area contributed by atoms with Crippen LogP contribution in [0.2, 0.25) is 0 Å². The van der Waals surface area contributed by atoms with Crippen LogP contribution in [0, 0.1) is 16.7 Å². The van der Waals surface area contributed by atoms with Crippen LogP contribution in [-0.4, -0.2) is 28.3 Å². The molecule has 1 aliphatic carbocycles. The SMILES string of the molecule is CCCCC(c1ccccc1)N1N=C(C2CCCCC2)c2ccccc2N(c2ccc(C(=N)C(=N)N)cc2)C1=O. The fourth-order valence-corrected chi connectivity index (χ4v) is 5.87. The number of nitrogens with zero attached hydrogens (tertiary/aromatic N) is 3. The number of fused-ring (bicyclic) bond motifs is 1. The molecule has 2 aliphatic rings. The number of carbonyl (C=O) groups is 1. The first kappa shape index (κ1) is 27.3. The van der Waals surface area contributed by atoms with Crippen molar-refractivity contribution in [3.05, 3.63) is 95.6 Å². The van der Waals surface area contributed by atoms with Gasteiger partial charge in [0.1, 0.15) is 11.5 Å². The minimum absolute atomic E-state index is 0.0394. The second-order valence-corrected chi connectivity index (χ2v) is 10.7. The van der Waals surface area contributed by atoms with E-state index < -0.39 is 0 Å². The van der Waals surface area contributed by atoms with Crippen molar-refractivity contribution in [2.45, 2.75) is 64.3 Å². The zero-order valence-electron chi connectivity index (χ0n) is 23.1. The van der Waals surface area contributed by atoms with Gasteiger partial charge in [-0.15, -0.1) is 0 Å². The lowest BCUT2D eigenvalue weighted by atomic mass is 9.83. The Hall–Kier alpha value is -4.26. The van der Waals surface area contributed by atoms with Gasteiger partial charge in [-0.05, 0) is 43.0 Å². The predicted molar refractivity (Wildman–Crippen MR) is 163 cm³/mol. The summed E-state index contributed by atoms with van der Waals surface area (Å²) in [4.78, 5) is 16.5. The molecule has 5 rings (SSSR count). The predicted octanol–water partition coefficient (Wildman–Crippen LogP) is 7.78. The zero-order valence-corrected chi connectivity index (χ0v) is 23.1. The number of hydrazone groups is 1. The van der Waals surface area contributed by atoms with Crippen LogP contribution < -0.4 is 10.6 Å². The van der Waals surface area contributed by atoms with Crippen molar-refractivity contribution in [3.63, 3.8) is 0 Å². The topological polar surface area (TPSA) is 110 Å². The van der Waals surface area contributed by atoms with Gasteiger partial charge in [0.15, 0.2) is 0 Å². The highest BCUT2D eigenvalue weighted by Gasteiger charge is 2.37. The molecule has 1 heterocycles. The molecule has 3 aromatic carbocycles. The van der Waals surface area contributed by atoms with Crippen molar-refractivity contribution >= 4 is 34.7 Å². The Morgan fingerprint density at radius 1 is 0.950 bits per heavy atom. The zero-order chi connectivity index (χ0) is 28.1. The quantitative estimate of drug-likeness (QED) is 0.192. The van der Waals surface area contributed by atoms with Crippen molar-refractivity contribution in [2.75, 3.05) is 4.90 Å². The van der Waals surface area contributed by atoms with Gasteiger partial charge in [-0.3, -0.25) is 15.7 Å². The van der Waals surface area contributed by atoms with Crippen LogP contribution in [0.1, 0.15) is 81.0 Å². The average molecular weight is 535 g/mol. The normalized spacial score (nSPS) is 16.6. The molecule has 7 heteroatoms. The molecular weight excluding hydrogens is 496 g/mol. The molecule has 2 amide bonds. The van der Waals surface area contributed by atoms with E-state index in [0.717, 1.165) is 54.6 Å². The first-order valence-electron chi connectivity index (χ1n) is 14.4. The maximum Gasteiger partial charge on any atom is 0.350 e. The fraction of sp³-hybridized carbons (Fsp3) is 0.333. The third kappa shape index (κ3) is 5.55. The van der Waals surface area contributed by atoms with E-state index in [1.165, 1.54) is 19.3 Å². The standard InChI is InChI=1S/C33H38N6O/c1-2-3-17-28(23-12-6-4-7-13-23)39-33(40)38(26-21-19-24(20-22-26)30(34)32(35)36)29-18-11-10-16-27(29)31(37-39)25-14-8-5-9-15-25/h4,6-7,10-13,16,18-22,25,28,34H,2-3,5,8-9,14-15,17H2,1H3,(H3,35,36). The van der Waals surface area contributed by atoms with Crippen molar-refractivity contribution < 1.29 is 4.79 Å². The lowest BCUT2D eigenvalue weighted by Crippen LogP contribution is -2.39. The second-order valence-electron chi connectivity index (χ2n) is 10.7. The van der Waals surface area contributed by atoms with Crippen molar-refractivity contribution in [1.82, 2.24) is 5.01 Å². The third-order valence-corrected chi connectivity index (χ3v) is 8.01. The number of amides is 2. The minimum Gasteiger partial charge on any atom is -0.382 e. The monoisotopic (exact) mass is 534 g/mol. The van der Waals surface area contributed by atoms with Gasteiger partial charge >= 0.3 is 6.03 Å². The molecule has 1 saturated carbocycles. The maximum atomic E-state index is 14.7. The first-order chi connectivity index (χ1) is 19.5. The number of hydrogen-bond acceptors (Lipinski definition) is 4. The molecule has 0 bridgehead atoms. The molecule has 3 aromatic rings. The summed E-state index contributed by atoms with van der Waals surface area (Å²) in [5, 5.41) is 22.8. The number of unbranched alkanes of at least 4 members (excludes halogenated alkanes) is 1. The highest BCUT2D eigenvalue weighted by atomic mass is 16.2. The van der Waals surface area contributed by atoms with Gasteiger partial charge in [-0.2, -0.15) is 5.10 Å². The summed E-state index contributed by atoms with van der Waals surface area (Å²) in [5.74, 6) is 0.00781. The number of nitrogens with one attached hydrogen (secondary N) is 2. The third-order valence-electron chi connectivity index (χ3n) is 8.01. The van der Waals surface area contributed by atoms with Gasteiger partial charge < -0.3 is 5.73 Å². The number of nitrogens with two attached hydrogens (primary N) is 1. The number of para-hydroxylation sites is 1.